The van der Waals surface area contributed by atoms with Gasteiger partial charge in [0, 0.05) is 54.2 Å². The van der Waals surface area contributed by atoms with Gasteiger partial charge in [-0.05, 0) is 69.5 Å². The van der Waals surface area contributed by atoms with Crippen molar-refractivity contribution in [2.75, 3.05) is 26.2 Å². The molecule has 8 heteroatoms. The predicted octanol–water partition coefficient (Wildman–Crippen LogP) is 5.06. The smallest absolute Gasteiger partial charge is 0.259 e. The normalized spacial score (nSPS) is 16.1. The standard InChI is InChI=1S/C33H37N5O3/c1-24-21-34-23-38(24)19-7-18-37-22-28(27-9-3-4-10-29(27)37)31-30(32(39)35-33(31)40)25-11-13-26(14-12-25)41-20-8-17-36-15-5-2-6-16-36/h3-4,9-14,21-23H,2,5-8,15-20H2,1H3,(H,35,39,40). The fraction of sp³-hybridized carbons (Fsp3) is 0.364. The molecule has 0 bridgehead atoms. The molecule has 2 aromatic heterocycles. The van der Waals surface area contributed by atoms with Gasteiger partial charge in [-0.25, -0.2) is 4.98 Å². The molecule has 2 aliphatic heterocycles. The summed E-state index contributed by atoms with van der Waals surface area (Å²) >= 11 is 0. The highest BCUT2D eigenvalue weighted by molar-refractivity contribution is 6.50. The van der Waals surface area contributed by atoms with E-state index in [0.717, 1.165) is 60.4 Å². The summed E-state index contributed by atoms with van der Waals surface area (Å²) in [5.74, 6) is 0.0385. The summed E-state index contributed by atoms with van der Waals surface area (Å²) in [7, 11) is 0. The molecule has 0 atom stereocenters. The maximum Gasteiger partial charge on any atom is 0.259 e. The Hall–Kier alpha value is -4.17. The van der Waals surface area contributed by atoms with Crippen LogP contribution in [0.4, 0.5) is 0 Å². The van der Waals surface area contributed by atoms with Gasteiger partial charge >= 0.3 is 0 Å². The third-order valence-electron chi connectivity index (χ3n) is 8.19. The molecule has 2 aromatic carbocycles. The first-order chi connectivity index (χ1) is 20.1. The Morgan fingerprint density at radius 3 is 2.39 bits per heavy atom. The van der Waals surface area contributed by atoms with Gasteiger partial charge in [0.15, 0.2) is 0 Å². The van der Waals surface area contributed by atoms with E-state index in [2.05, 4.69) is 37.3 Å². The summed E-state index contributed by atoms with van der Waals surface area (Å²) in [5.41, 5.74) is 4.48. The number of hydrogen-bond acceptors (Lipinski definition) is 5. The lowest BCUT2D eigenvalue weighted by atomic mass is 9.96. The van der Waals surface area contributed by atoms with Crippen molar-refractivity contribution in [3.8, 4) is 5.75 Å². The minimum absolute atomic E-state index is 0.361. The molecule has 4 aromatic rings. The molecule has 0 saturated carbocycles. The van der Waals surface area contributed by atoms with Crippen molar-refractivity contribution in [1.29, 1.82) is 0 Å². The van der Waals surface area contributed by atoms with Gasteiger partial charge in [-0.15, -0.1) is 0 Å². The van der Waals surface area contributed by atoms with Gasteiger partial charge in [-0.3, -0.25) is 14.9 Å². The van der Waals surface area contributed by atoms with Crippen LogP contribution in [0.1, 0.15) is 48.9 Å². The van der Waals surface area contributed by atoms with Crippen LogP contribution >= 0.6 is 0 Å². The zero-order chi connectivity index (χ0) is 28.2. The van der Waals surface area contributed by atoms with Crippen molar-refractivity contribution in [3.05, 3.63) is 84.1 Å². The van der Waals surface area contributed by atoms with E-state index in [4.69, 9.17) is 4.74 Å². The number of carbonyl (C=O) groups excluding carboxylic acids is 2. The van der Waals surface area contributed by atoms with Crippen molar-refractivity contribution >= 4 is 33.9 Å². The lowest BCUT2D eigenvalue weighted by Crippen LogP contribution is -2.31. The fourth-order valence-electron chi connectivity index (χ4n) is 6.03. The first-order valence-electron chi connectivity index (χ1n) is 14.7. The topological polar surface area (TPSA) is 81.4 Å². The molecule has 1 N–H and O–H groups in total. The Morgan fingerprint density at radius 1 is 0.854 bits per heavy atom. The zero-order valence-corrected chi connectivity index (χ0v) is 23.6. The van der Waals surface area contributed by atoms with Crippen LogP contribution in [0.5, 0.6) is 5.75 Å². The first kappa shape index (κ1) is 27.0. The SMILES string of the molecule is Cc1cncn1CCCn1cc(C2=C(c3ccc(OCCCN4CCCCC4)cc3)C(=O)NC2=O)c2ccccc21. The largest absolute Gasteiger partial charge is 0.494 e. The van der Waals surface area contributed by atoms with Crippen LogP contribution < -0.4 is 10.1 Å². The molecule has 212 valence electrons. The molecule has 2 aliphatic rings. The van der Waals surface area contributed by atoms with Crippen LogP contribution in [0.25, 0.3) is 22.0 Å². The van der Waals surface area contributed by atoms with E-state index in [1.54, 1.807) is 0 Å². The Bertz CT molecular complexity index is 1570. The molecule has 0 radical (unpaired) electrons. The second-order valence-corrected chi connectivity index (χ2v) is 11.0. The highest BCUT2D eigenvalue weighted by Gasteiger charge is 2.33. The van der Waals surface area contributed by atoms with E-state index in [0.29, 0.717) is 23.3 Å². The number of imidazole rings is 1. The zero-order valence-electron chi connectivity index (χ0n) is 23.6. The molecule has 1 fully saturated rings. The number of aryl methyl sites for hydroxylation is 3. The number of imide groups is 1. The second kappa shape index (κ2) is 12.1. The van der Waals surface area contributed by atoms with Crippen molar-refractivity contribution in [2.24, 2.45) is 0 Å². The molecule has 0 aliphatic carbocycles. The summed E-state index contributed by atoms with van der Waals surface area (Å²) < 4.78 is 10.3. The minimum atomic E-state index is -0.368. The molecule has 2 amide bonds. The maximum atomic E-state index is 13.2. The highest BCUT2D eigenvalue weighted by atomic mass is 16.5. The number of rotatable bonds is 11. The van der Waals surface area contributed by atoms with Crippen molar-refractivity contribution in [2.45, 2.75) is 52.1 Å². The molecule has 41 heavy (non-hydrogen) atoms. The number of carbonyl (C=O) groups is 2. The van der Waals surface area contributed by atoms with Gasteiger partial charge in [-0.1, -0.05) is 36.8 Å². The van der Waals surface area contributed by atoms with Crippen LogP contribution in [0.3, 0.4) is 0 Å². The monoisotopic (exact) mass is 551 g/mol. The van der Waals surface area contributed by atoms with Crippen molar-refractivity contribution in [3.63, 3.8) is 0 Å². The Labute approximate surface area is 240 Å². The number of benzene rings is 2. The number of piperidine rings is 1. The van der Waals surface area contributed by atoms with Crippen LogP contribution in [-0.4, -0.2) is 57.1 Å². The molecular formula is C33H37N5O3. The molecule has 6 rings (SSSR count). The van der Waals surface area contributed by atoms with E-state index in [9.17, 15) is 9.59 Å². The third-order valence-corrected chi connectivity index (χ3v) is 8.19. The molecular weight excluding hydrogens is 514 g/mol. The van der Waals surface area contributed by atoms with Crippen molar-refractivity contribution < 1.29 is 14.3 Å². The maximum absolute atomic E-state index is 13.2. The number of nitrogens with zero attached hydrogens (tertiary/aromatic N) is 4. The average Bonchev–Trinajstić information content (AvgIpc) is 3.66. The summed E-state index contributed by atoms with van der Waals surface area (Å²) in [4.78, 5) is 32.9. The second-order valence-electron chi connectivity index (χ2n) is 11.0. The number of nitrogens with one attached hydrogen (secondary N) is 1. The Morgan fingerprint density at radius 2 is 1.61 bits per heavy atom. The van der Waals surface area contributed by atoms with Gasteiger partial charge in [-0.2, -0.15) is 0 Å². The van der Waals surface area contributed by atoms with E-state index in [-0.39, 0.29) is 11.8 Å². The van der Waals surface area contributed by atoms with E-state index >= 15 is 0 Å². The number of hydrogen-bond donors (Lipinski definition) is 1. The number of para-hydroxylation sites is 1. The van der Waals surface area contributed by atoms with E-state index in [1.807, 2.05) is 61.2 Å². The summed E-state index contributed by atoms with van der Waals surface area (Å²) in [6.45, 7) is 7.78. The van der Waals surface area contributed by atoms with Crippen LogP contribution in [0.2, 0.25) is 0 Å². The fourth-order valence-corrected chi connectivity index (χ4v) is 6.03. The Kier molecular flexibility index (Phi) is 8.00. The molecule has 0 spiro atoms. The van der Waals surface area contributed by atoms with Gasteiger partial charge in [0.1, 0.15) is 5.75 Å². The quantitative estimate of drug-likeness (QED) is 0.208. The van der Waals surface area contributed by atoms with Crippen LogP contribution in [0.15, 0.2) is 67.3 Å². The molecule has 4 heterocycles. The lowest BCUT2D eigenvalue weighted by molar-refractivity contribution is -0.122. The third kappa shape index (κ3) is 5.84. The van der Waals surface area contributed by atoms with Crippen LogP contribution in [-0.2, 0) is 22.7 Å². The van der Waals surface area contributed by atoms with E-state index in [1.165, 1.54) is 32.4 Å². The van der Waals surface area contributed by atoms with Gasteiger partial charge in [0.2, 0.25) is 0 Å². The van der Waals surface area contributed by atoms with Crippen molar-refractivity contribution in [1.82, 2.24) is 24.3 Å². The van der Waals surface area contributed by atoms with Crippen LogP contribution in [0, 0.1) is 6.92 Å². The number of likely N-dealkylation sites (tertiary alicyclic amines) is 1. The van der Waals surface area contributed by atoms with Gasteiger partial charge in [0.25, 0.3) is 11.8 Å². The summed E-state index contributed by atoms with van der Waals surface area (Å²) in [6.07, 6.45) is 11.6. The van der Waals surface area contributed by atoms with Gasteiger partial charge < -0.3 is 18.8 Å². The number of aromatic nitrogens is 3. The van der Waals surface area contributed by atoms with E-state index < -0.39 is 0 Å². The molecule has 0 unspecified atom stereocenters. The Balaban J connectivity index is 1.21. The first-order valence-corrected chi connectivity index (χ1v) is 14.7. The highest BCUT2D eigenvalue weighted by Crippen LogP contribution is 2.36. The summed E-state index contributed by atoms with van der Waals surface area (Å²) in [5, 5.41) is 3.49. The average molecular weight is 552 g/mol. The number of amides is 2. The predicted molar refractivity (Wildman–Crippen MR) is 160 cm³/mol. The molecule has 1 saturated heterocycles. The lowest BCUT2D eigenvalue weighted by Gasteiger charge is -2.26. The summed E-state index contributed by atoms with van der Waals surface area (Å²) in [6, 6.07) is 15.6. The number of ether oxygens (including phenoxy) is 1. The minimum Gasteiger partial charge on any atom is -0.494 e. The van der Waals surface area contributed by atoms with Gasteiger partial charge in [0.05, 0.1) is 24.1 Å². The molecule has 8 nitrogen and oxygen atoms in total. The number of fused-ring (bicyclic) bond motifs is 1.